The van der Waals surface area contributed by atoms with Gasteiger partial charge in [-0.05, 0) is 50.3 Å². The number of esters is 1. The number of carbonyl (C=O) groups excluding carboxylic acids is 1. The van der Waals surface area contributed by atoms with Crippen LogP contribution in [0.5, 0.6) is 0 Å². The van der Waals surface area contributed by atoms with Crippen molar-refractivity contribution in [3.8, 4) is 0 Å². The van der Waals surface area contributed by atoms with Crippen LogP contribution < -0.4 is 5.32 Å². The maximum atomic E-state index is 11.9. The van der Waals surface area contributed by atoms with Crippen molar-refractivity contribution in [3.05, 3.63) is 34.3 Å². The van der Waals surface area contributed by atoms with Crippen LogP contribution in [0.3, 0.4) is 0 Å². The van der Waals surface area contributed by atoms with E-state index in [0.29, 0.717) is 6.61 Å². The van der Waals surface area contributed by atoms with Crippen molar-refractivity contribution < 1.29 is 9.53 Å². The van der Waals surface area contributed by atoms with Gasteiger partial charge in [-0.15, -0.1) is 24.0 Å². The molecule has 1 saturated heterocycles. The van der Waals surface area contributed by atoms with Crippen LogP contribution in [0.1, 0.15) is 44.6 Å². The summed E-state index contributed by atoms with van der Waals surface area (Å²) in [6.45, 7) is 4.90. The zero-order chi connectivity index (χ0) is 19.3. The molecule has 0 radical (unpaired) electrons. The van der Waals surface area contributed by atoms with Crippen LogP contribution in [0.4, 0.5) is 0 Å². The van der Waals surface area contributed by atoms with E-state index in [-0.39, 0.29) is 41.3 Å². The molecule has 7 heteroatoms. The molecule has 1 aromatic rings. The van der Waals surface area contributed by atoms with Gasteiger partial charge in [-0.3, -0.25) is 9.79 Å². The van der Waals surface area contributed by atoms with Crippen molar-refractivity contribution in [2.75, 3.05) is 33.3 Å². The third-order valence-corrected chi connectivity index (χ3v) is 6.45. The van der Waals surface area contributed by atoms with Crippen molar-refractivity contribution in [2.24, 2.45) is 10.9 Å². The largest absolute Gasteiger partial charge is 0.466 e. The summed E-state index contributed by atoms with van der Waals surface area (Å²) in [7, 11) is 1.84. The number of aliphatic imine (C=N–C) groups is 1. The predicted molar refractivity (Wildman–Crippen MR) is 127 cm³/mol. The van der Waals surface area contributed by atoms with E-state index in [2.05, 4.69) is 55.4 Å². The molecule has 2 fully saturated rings. The number of carbonyl (C=O) groups is 1. The Labute approximate surface area is 193 Å². The SMILES string of the molecule is CCOC(=O)C1CCN(C(=NC)NCC2(c3cccc(Br)c3)CCC2)CC1.I. The van der Waals surface area contributed by atoms with Gasteiger partial charge in [0.05, 0.1) is 12.5 Å². The molecule has 1 N–H and O–H groups in total. The van der Waals surface area contributed by atoms with Gasteiger partial charge in [-0.2, -0.15) is 0 Å². The van der Waals surface area contributed by atoms with E-state index in [0.717, 1.165) is 42.9 Å². The number of rotatable bonds is 5. The number of piperidine rings is 1. The Morgan fingerprint density at radius 3 is 2.61 bits per heavy atom. The second-order valence-electron chi connectivity index (χ2n) is 7.56. The molecule has 0 unspecified atom stereocenters. The van der Waals surface area contributed by atoms with E-state index in [4.69, 9.17) is 4.74 Å². The van der Waals surface area contributed by atoms with E-state index in [1.807, 2.05) is 14.0 Å². The summed E-state index contributed by atoms with van der Waals surface area (Å²) in [6.07, 6.45) is 5.35. The van der Waals surface area contributed by atoms with Gasteiger partial charge in [0.25, 0.3) is 0 Å². The number of nitrogens with one attached hydrogen (secondary N) is 1. The third-order valence-electron chi connectivity index (χ3n) is 5.96. The molecule has 1 aromatic carbocycles. The van der Waals surface area contributed by atoms with Gasteiger partial charge in [0.15, 0.2) is 5.96 Å². The number of benzene rings is 1. The average molecular weight is 564 g/mol. The number of nitrogens with zero attached hydrogens (tertiary/aromatic N) is 2. The quantitative estimate of drug-likeness (QED) is 0.251. The van der Waals surface area contributed by atoms with Crippen LogP contribution in [0.25, 0.3) is 0 Å². The Hall–Kier alpha value is -0.830. The van der Waals surface area contributed by atoms with E-state index in [1.165, 1.54) is 24.8 Å². The zero-order valence-electron chi connectivity index (χ0n) is 16.7. The minimum Gasteiger partial charge on any atom is -0.466 e. The van der Waals surface area contributed by atoms with Crippen LogP contribution in [0, 0.1) is 5.92 Å². The first kappa shape index (κ1) is 23.4. The summed E-state index contributed by atoms with van der Waals surface area (Å²) in [6, 6.07) is 8.68. The fraction of sp³-hybridized carbons (Fsp3) is 0.619. The lowest BCUT2D eigenvalue weighted by Gasteiger charge is -2.44. The molecule has 156 valence electrons. The Kier molecular flexibility index (Phi) is 9.05. The number of hydrogen-bond acceptors (Lipinski definition) is 3. The van der Waals surface area contributed by atoms with E-state index in [1.54, 1.807) is 0 Å². The van der Waals surface area contributed by atoms with Crippen molar-refractivity contribution >= 4 is 51.8 Å². The first-order chi connectivity index (χ1) is 13.1. The molecule has 0 bridgehead atoms. The Balaban J connectivity index is 0.00000280. The van der Waals surface area contributed by atoms with E-state index >= 15 is 0 Å². The normalized spacial score (nSPS) is 19.4. The average Bonchev–Trinajstić information content (AvgIpc) is 2.64. The third kappa shape index (κ3) is 5.40. The fourth-order valence-corrected chi connectivity index (χ4v) is 4.56. The molecule has 2 aliphatic rings. The maximum Gasteiger partial charge on any atom is 0.309 e. The summed E-state index contributed by atoms with van der Waals surface area (Å²) in [5, 5.41) is 3.61. The first-order valence-corrected chi connectivity index (χ1v) is 10.8. The molecule has 0 spiro atoms. The summed E-state index contributed by atoms with van der Waals surface area (Å²) >= 11 is 3.60. The molecular weight excluding hydrogens is 533 g/mol. The first-order valence-electron chi connectivity index (χ1n) is 9.96. The highest BCUT2D eigenvalue weighted by Crippen LogP contribution is 2.43. The van der Waals surface area contributed by atoms with Gasteiger partial charge in [0, 0.05) is 36.6 Å². The van der Waals surface area contributed by atoms with E-state index in [9.17, 15) is 4.79 Å². The molecule has 1 heterocycles. The van der Waals surface area contributed by atoms with Gasteiger partial charge in [-0.1, -0.05) is 34.5 Å². The highest BCUT2D eigenvalue weighted by molar-refractivity contribution is 14.0. The van der Waals surface area contributed by atoms with Crippen molar-refractivity contribution in [1.29, 1.82) is 0 Å². The number of hydrogen-bond donors (Lipinski definition) is 1. The summed E-state index contributed by atoms with van der Waals surface area (Å²) in [5.41, 5.74) is 1.59. The molecule has 0 amide bonds. The lowest BCUT2D eigenvalue weighted by atomic mass is 9.64. The smallest absolute Gasteiger partial charge is 0.309 e. The predicted octanol–water partition coefficient (Wildman–Crippen LogP) is 4.34. The van der Waals surface area contributed by atoms with Gasteiger partial charge in [0.1, 0.15) is 0 Å². The number of halogens is 2. The number of ether oxygens (including phenoxy) is 1. The fourth-order valence-electron chi connectivity index (χ4n) is 4.16. The lowest BCUT2D eigenvalue weighted by molar-refractivity contribution is -0.149. The van der Waals surface area contributed by atoms with Crippen molar-refractivity contribution in [2.45, 2.75) is 44.4 Å². The highest BCUT2D eigenvalue weighted by Gasteiger charge is 2.39. The molecule has 1 saturated carbocycles. The Morgan fingerprint density at radius 1 is 1.36 bits per heavy atom. The van der Waals surface area contributed by atoms with Gasteiger partial charge in [-0.25, -0.2) is 0 Å². The second kappa shape index (κ2) is 10.8. The lowest BCUT2D eigenvalue weighted by Crippen LogP contribution is -2.52. The topological polar surface area (TPSA) is 53.9 Å². The van der Waals surface area contributed by atoms with Crippen LogP contribution in [0.2, 0.25) is 0 Å². The summed E-state index contributed by atoms with van der Waals surface area (Å²) in [5.74, 6) is 0.917. The van der Waals surface area contributed by atoms with Gasteiger partial charge in [0.2, 0.25) is 0 Å². The molecule has 0 aromatic heterocycles. The monoisotopic (exact) mass is 563 g/mol. The summed E-state index contributed by atoms with van der Waals surface area (Å²) in [4.78, 5) is 18.7. The molecule has 1 aliphatic heterocycles. The van der Waals surface area contributed by atoms with Crippen LogP contribution in [0.15, 0.2) is 33.7 Å². The van der Waals surface area contributed by atoms with Crippen LogP contribution in [-0.4, -0.2) is 50.1 Å². The maximum absolute atomic E-state index is 11.9. The van der Waals surface area contributed by atoms with Crippen molar-refractivity contribution in [1.82, 2.24) is 10.2 Å². The Morgan fingerprint density at radius 2 is 2.07 bits per heavy atom. The highest BCUT2D eigenvalue weighted by atomic mass is 127. The zero-order valence-corrected chi connectivity index (χ0v) is 20.7. The molecule has 28 heavy (non-hydrogen) atoms. The van der Waals surface area contributed by atoms with E-state index < -0.39 is 0 Å². The minimum absolute atomic E-state index is 0. The molecule has 3 rings (SSSR count). The molecule has 1 aliphatic carbocycles. The molecule has 0 atom stereocenters. The van der Waals surface area contributed by atoms with Crippen LogP contribution in [-0.2, 0) is 14.9 Å². The standard InChI is InChI=1S/C21H30BrN3O2.HI/c1-3-27-19(26)16-8-12-25(13-9-16)20(23-2)24-15-21(10-5-11-21)17-6-4-7-18(22)14-17;/h4,6-7,14,16H,3,5,8-13,15H2,1-2H3,(H,23,24);1H. The van der Waals surface area contributed by atoms with Crippen LogP contribution >= 0.6 is 39.9 Å². The van der Waals surface area contributed by atoms with Crippen molar-refractivity contribution in [3.63, 3.8) is 0 Å². The Bertz CT molecular complexity index is 686. The number of guanidine groups is 1. The second-order valence-corrected chi connectivity index (χ2v) is 8.47. The molecule has 5 nitrogen and oxygen atoms in total. The summed E-state index contributed by atoms with van der Waals surface area (Å²) < 4.78 is 6.31. The number of likely N-dealkylation sites (tertiary alicyclic amines) is 1. The van der Waals surface area contributed by atoms with Gasteiger partial charge < -0.3 is 15.0 Å². The minimum atomic E-state index is -0.0526. The molecular formula is C21H31BrIN3O2. The van der Waals surface area contributed by atoms with Gasteiger partial charge >= 0.3 is 5.97 Å².